The van der Waals surface area contributed by atoms with Gasteiger partial charge in [-0.25, -0.2) is 4.85 Å². The smallest absolute Gasteiger partial charge is 0.262 e. The topological polar surface area (TPSA) is 136 Å². The molecule has 3 saturated heterocycles. The summed E-state index contributed by atoms with van der Waals surface area (Å²) in [5.41, 5.74) is 2.91. The lowest BCUT2D eigenvalue weighted by Gasteiger charge is -2.63. The fourth-order valence-corrected chi connectivity index (χ4v) is 10.4. The molecule has 59 heavy (non-hydrogen) atoms. The van der Waals surface area contributed by atoms with Gasteiger partial charge in [-0.3, -0.25) is 39.1 Å². The van der Waals surface area contributed by atoms with Gasteiger partial charge in [0.05, 0.1) is 22.7 Å². The SMILES string of the molecule is [C-]#[N+]c1ccc(OC2C(C)(C)C(NC(=O)c3ccc(N4CCN(CC5CCN(c6ccc7c(c6)C(=O)N(C6CCC(=O)NC6=O)C7=O)CC5)CC4)cc3)C2(C)C)cc1Cl. The van der Waals surface area contributed by atoms with Gasteiger partial charge in [0.25, 0.3) is 17.7 Å². The maximum absolute atomic E-state index is 13.5. The van der Waals surface area contributed by atoms with Crippen molar-refractivity contribution in [1.29, 1.82) is 0 Å². The molecule has 3 aromatic carbocycles. The second-order valence-corrected chi connectivity index (χ2v) is 18.1. The number of amides is 5. The van der Waals surface area contributed by atoms with Crippen LogP contribution in [0.1, 0.15) is 84.5 Å². The van der Waals surface area contributed by atoms with Crippen LogP contribution in [0, 0.1) is 23.3 Å². The molecular weight excluding hydrogens is 770 g/mol. The normalized spacial score (nSPS) is 24.3. The molecule has 0 spiro atoms. The second-order valence-electron chi connectivity index (χ2n) is 17.7. The van der Waals surface area contributed by atoms with Gasteiger partial charge >= 0.3 is 0 Å². The van der Waals surface area contributed by atoms with Crippen LogP contribution in [-0.4, -0.2) is 103 Å². The van der Waals surface area contributed by atoms with E-state index in [9.17, 15) is 24.0 Å². The first-order valence-electron chi connectivity index (χ1n) is 20.5. The Morgan fingerprint density at radius 3 is 2.12 bits per heavy atom. The number of hydrogen-bond acceptors (Lipinski definition) is 9. The van der Waals surface area contributed by atoms with E-state index in [-0.39, 0.29) is 41.7 Å². The summed E-state index contributed by atoms with van der Waals surface area (Å²) in [4.78, 5) is 75.7. The summed E-state index contributed by atoms with van der Waals surface area (Å²) in [6.45, 7) is 22.1. The first-order chi connectivity index (χ1) is 28.1. The predicted molar refractivity (Wildman–Crippen MR) is 224 cm³/mol. The number of halogens is 1. The highest BCUT2D eigenvalue weighted by atomic mass is 35.5. The molecule has 0 radical (unpaired) electrons. The molecule has 1 saturated carbocycles. The minimum atomic E-state index is -0.972. The Bertz CT molecular complexity index is 2220. The number of imide groups is 2. The fraction of sp³-hybridized carbons (Fsp3) is 0.467. The fourth-order valence-electron chi connectivity index (χ4n) is 10.2. The van der Waals surface area contributed by atoms with Crippen molar-refractivity contribution in [3.63, 3.8) is 0 Å². The minimum absolute atomic E-state index is 0.0918. The number of nitrogens with zero attached hydrogens (tertiary/aromatic N) is 5. The summed E-state index contributed by atoms with van der Waals surface area (Å²) in [7, 11) is 0. The number of fused-ring (bicyclic) bond motifs is 1. The Kier molecular flexibility index (Phi) is 10.7. The van der Waals surface area contributed by atoms with Crippen LogP contribution in [0.3, 0.4) is 0 Å². The summed E-state index contributed by atoms with van der Waals surface area (Å²) in [5, 5.41) is 5.89. The molecule has 1 atom stereocenters. The summed E-state index contributed by atoms with van der Waals surface area (Å²) >= 11 is 6.26. The van der Waals surface area contributed by atoms with E-state index in [4.69, 9.17) is 22.9 Å². The summed E-state index contributed by atoms with van der Waals surface area (Å²) in [5.74, 6) is -0.922. The van der Waals surface area contributed by atoms with Crippen molar-refractivity contribution in [2.45, 2.75) is 71.6 Å². The zero-order chi connectivity index (χ0) is 41.8. The molecule has 4 fully saturated rings. The Labute approximate surface area is 349 Å². The number of hydrogen-bond donors (Lipinski definition) is 2. The van der Waals surface area contributed by atoms with Crippen LogP contribution in [-0.2, 0) is 9.59 Å². The van der Waals surface area contributed by atoms with E-state index < -0.39 is 29.7 Å². The molecule has 308 valence electrons. The van der Waals surface area contributed by atoms with E-state index in [1.54, 1.807) is 30.3 Å². The Morgan fingerprint density at radius 2 is 1.47 bits per heavy atom. The second kappa shape index (κ2) is 15.6. The van der Waals surface area contributed by atoms with Crippen LogP contribution in [0.4, 0.5) is 17.1 Å². The molecule has 1 aliphatic carbocycles. The average molecular weight is 820 g/mol. The molecule has 1 unspecified atom stereocenters. The van der Waals surface area contributed by atoms with Gasteiger partial charge in [0.1, 0.15) is 17.9 Å². The van der Waals surface area contributed by atoms with Crippen molar-refractivity contribution in [2.24, 2.45) is 16.7 Å². The molecule has 0 bridgehead atoms. The van der Waals surface area contributed by atoms with Gasteiger partial charge in [-0.2, -0.15) is 0 Å². The van der Waals surface area contributed by atoms with Gasteiger partial charge in [-0.05, 0) is 79.8 Å². The highest BCUT2D eigenvalue weighted by Crippen LogP contribution is 2.55. The third-order valence-electron chi connectivity index (χ3n) is 13.2. The molecule has 5 aliphatic rings. The molecule has 14 heteroatoms. The number of piperazine rings is 1. The van der Waals surface area contributed by atoms with Crippen molar-refractivity contribution in [3.8, 4) is 5.75 Å². The van der Waals surface area contributed by atoms with E-state index in [2.05, 4.69) is 57.9 Å². The van der Waals surface area contributed by atoms with E-state index in [1.165, 1.54) is 0 Å². The number of anilines is 2. The number of nitrogens with one attached hydrogen (secondary N) is 2. The molecular formula is C45H50ClN7O6. The summed E-state index contributed by atoms with van der Waals surface area (Å²) < 4.78 is 6.39. The van der Waals surface area contributed by atoms with Gasteiger partial charge in [0.2, 0.25) is 17.5 Å². The molecule has 0 aromatic heterocycles. The molecule has 13 nitrogen and oxygen atoms in total. The molecule has 8 rings (SSSR count). The van der Waals surface area contributed by atoms with E-state index in [0.29, 0.717) is 39.1 Å². The van der Waals surface area contributed by atoms with Crippen LogP contribution in [0.2, 0.25) is 5.02 Å². The van der Waals surface area contributed by atoms with Gasteiger partial charge in [-0.15, -0.1) is 0 Å². The van der Waals surface area contributed by atoms with Crippen molar-refractivity contribution >= 4 is 58.2 Å². The minimum Gasteiger partial charge on any atom is -0.489 e. The molecule has 2 N–H and O–H groups in total. The van der Waals surface area contributed by atoms with Crippen molar-refractivity contribution in [1.82, 2.24) is 20.4 Å². The van der Waals surface area contributed by atoms with Crippen LogP contribution in [0.25, 0.3) is 4.85 Å². The monoisotopic (exact) mass is 819 g/mol. The lowest BCUT2D eigenvalue weighted by atomic mass is 9.49. The number of ether oxygens (including phenoxy) is 1. The van der Waals surface area contributed by atoms with Gasteiger partial charge < -0.3 is 19.9 Å². The predicted octanol–water partition coefficient (Wildman–Crippen LogP) is 5.94. The van der Waals surface area contributed by atoms with Crippen molar-refractivity contribution in [3.05, 3.63) is 93.8 Å². The maximum atomic E-state index is 13.5. The van der Waals surface area contributed by atoms with Crippen molar-refractivity contribution in [2.75, 3.05) is 55.6 Å². The lowest BCUT2D eigenvalue weighted by Crippen LogP contribution is -2.74. The largest absolute Gasteiger partial charge is 0.489 e. The van der Waals surface area contributed by atoms with E-state index in [1.807, 2.05) is 30.3 Å². The quantitative estimate of drug-likeness (QED) is 0.199. The Hall–Kier alpha value is -5.45. The average Bonchev–Trinajstić information content (AvgIpc) is 3.47. The van der Waals surface area contributed by atoms with Crippen LogP contribution < -0.4 is 25.2 Å². The number of carbonyl (C=O) groups excluding carboxylic acids is 5. The lowest BCUT2D eigenvalue weighted by molar-refractivity contribution is -0.164. The Balaban J connectivity index is 0.789. The standard InChI is InChI=1S/C45H50ClN7O6/c1-44(2)42(45(3,4)43(44)59-31-11-13-35(47-5)34(46)25-31)49-38(55)28-6-8-29(9-7-28)52-22-20-50(21-23-52)26-27-16-18-51(19-17-27)30-10-12-32-33(24-30)41(58)53(40(32)57)36-14-15-37(54)48-39(36)56/h6-13,24-25,27,36,42-43H,14-23,26H2,1-4H3,(H,49,55)(H,48,54,56). The van der Waals surface area contributed by atoms with Crippen LogP contribution in [0.5, 0.6) is 5.75 Å². The zero-order valence-corrected chi connectivity index (χ0v) is 34.7. The Morgan fingerprint density at radius 1 is 0.831 bits per heavy atom. The third kappa shape index (κ3) is 7.53. The van der Waals surface area contributed by atoms with Crippen molar-refractivity contribution < 1.29 is 28.7 Å². The summed E-state index contributed by atoms with van der Waals surface area (Å²) in [6, 6.07) is 17.2. The highest BCUT2D eigenvalue weighted by Gasteiger charge is 2.64. The number of rotatable bonds is 9. The first-order valence-corrected chi connectivity index (χ1v) is 20.9. The molecule has 4 heterocycles. The van der Waals surface area contributed by atoms with Gasteiger partial charge in [-0.1, -0.05) is 45.4 Å². The van der Waals surface area contributed by atoms with Gasteiger partial charge in [0.15, 0.2) is 0 Å². The number of benzene rings is 3. The first kappa shape index (κ1) is 40.3. The van der Waals surface area contributed by atoms with E-state index in [0.717, 1.165) is 74.9 Å². The third-order valence-corrected chi connectivity index (χ3v) is 13.5. The maximum Gasteiger partial charge on any atom is 0.262 e. The molecule has 5 amide bonds. The number of carbonyl (C=O) groups is 5. The zero-order valence-electron chi connectivity index (χ0n) is 33.9. The van der Waals surface area contributed by atoms with Crippen LogP contribution >= 0.6 is 11.6 Å². The molecule has 3 aromatic rings. The highest BCUT2D eigenvalue weighted by molar-refractivity contribution is 6.33. The van der Waals surface area contributed by atoms with Crippen LogP contribution in [0.15, 0.2) is 60.7 Å². The number of piperidine rings is 2. The van der Waals surface area contributed by atoms with Gasteiger partial charge in [0, 0.05) is 86.0 Å². The summed E-state index contributed by atoms with van der Waals surface area (Å²) in [6.07, 6.45) is 2.09. The van der Waals surface area contributed by atoms with E-state index >= 15 is 0 Å². The molecule has 4 aliphatic heterocycles.